The van der Waals surface area contributed by atoms with Gasteiger partial charge in [0.1, 0.15) is 12.9 Å². The molecule has 0 N–H and O–H groups in total. The molecular formula is C9H17N3O. The topological polar surface area (TPSA) is 39.9 Å². The zero-order valence-corrected chi connectivity index (χ0v) is 8.74. The summed E-state index contributed by atoms with van der Waals surface area (Å²) in [5.41, 5.74) is -0.121. The number of hydrogen-bond donors (Lipinski definition) is 0. The fraction of sp³-hybridized carbons (Fsp3) is 0.778. The number of nitrogens with zero attached hydrogens (tertiary/aromatic N) is 3. The van der Waals surface area contributed by atoms with Gasteiger partial charge in [-0.25, -0.2) is 0 Å². The highest BCUT2D eigenvalue weighted by atomic mass is 16.5. The highest BCUT2D eigenvalue weighted by molar-refractivity contribution is 4.83. The molecule has 0 spiro atoms. The van der Waals surface area contributed by atoms with Gasteiger partial charge >= 0.3 is 0 Å². The highest BCUT2D eigenvalue weighted by Gasteiger charge is 2.12. The molecule has 0 amide bonds. The van der Waals surface area contributed by atoms with Crippen LogP contribution < -0.4 is 0 Å². The van der Waals surface area contributed by atoms with Crippen LogP contribution in [0.1, 0.15) is 33.5 Å². The van der Waals surface area contributed by atoms with Crippen molar-refractivity contribution < 1.29 is 4.74 Å². The highest BCUT2D eigenvalue weighted by Crippen LogP contribution is 2.09. The van der Waals surface area contributed by atoms with Crippen LogP contribution in [0, 0.1) is 0 Å². The summed E-state index contributed by atoms with van der Waals surface area (Å²) in [5, 5.41) is 7.80. The summed E-state index contributed by atoms with van der Waals surface area (Å²) in [7, 11) is 0. The number of aromatic nitrogens is 3. The minimum atomic E-state index is -0.121. The van der Waals surface area contributed by atoms with Crippen molar-refractivity contribution in [2.75, 3.05) is 0 Å². The molecule has 13 heavy (non-hydrogen) atoms. The average molecular weight is 183 g/mol. The molecular weight excluding hydrogens is 166 g/mol. The Morgan fingerprint density at radius 1 is 1.46 bits per heavy atom. The van der Waals surface area contributed by atoms with Crippen molar-refractivity contribution in [1.82, 2.24) is 14.8 Å². The van der Waals surface area contributed by atoms with Crippen LogP contribution >= 0.6 is 0 Å². The number of ether oxygens (including phenoxy) is 1. The van der Waals surface area contributed by atoms with E-state index in [1.54, 1.807) is 6.33 Å². The normalized spacial score (nSPS) is 12.0. The van der Waals surface area contributed by atoms with Gasteiger partial charge in [0.25, 0.3) is 0 Å². The van der Waals surface area contributed by atoms with Crippen molar-refractivity contribution in [3.05, 3.63) is 12.2 Å². The van der Waals surface area contributed by atoms with Gasteiger partial charge < -0.3 is 9.30 Å². The molecule has 0 aromatic carbocycles. The quantitative estimate of drug-likeness (QED) is 0.714. The Labute approximate surface area is 78.9 Å². The van der Waals surface area contributed by atoms with Gasteiger partial charge in [-0.15, -0.1) is 10.2 Å². The third-order valence-electron chi connectivity index (χ3n) is 1.67. The van der Waals surface area contributed by atoms with Crippen LogP contribution in [-0.2, 0) is 17.9 Å². The zero-order valence-electron chi connectivity index (χ0n) is 8.74. The Kier molecular flexibility index (Phi) is 3.03. The van der Waals surface area contributed by atoms with Crippen molar-refractivity contribution in [1.29, 1.82) is 0 Å². The largest absolute Gasteiger partial charge is 0.368 e. The zero-order chi connectivity index (χ0) is 9.90. The summed E-state index contributed by atoms with van der Waals surface area (Å²) in [6, 6.07) is 0. The SMILES string of the molecule is CCn1cnnc1COC(C)(C)C. The summed E-state index contributed by atoms with van der Waals surface area (Å²) >= 11 is 0. The van der Waals surface area contributed by atoms with E-state index in [0.29, 0.717) is 6.61 Å². The van der Waals surface area contributed by atoms with Crippen molar-refractivity contribution in [3.8, 4) is 0 Å². The minimum absolute atomic E-state index is 0.121. The van der Waals surface area contributed by atoms with Crippen LogP contribution in [0.2, 0.25) is 0 Å². The number of hydrogen-bond acceptors (Lipinski definition) is 3. The van der Waals surface area contributed by atoms with Crippen LogP contribution in [0.5, 0.6) is 0 Å². The lowest BCUT2D eigenvalue weighted by atomic mass is 10.2. The standard InChI is InChI=1S/C9H17N3O/c1-5-12-7-10-11-8(12)6-13-9(2,3)4/h7H,5-6H2,1-4H3. The molecule has 74 valence electrons. The molecule has 0 aliphatic carbocycles. The predicted molar refractivity (Wildman–Crippen MR) is 50.2 cm³/mol. The summed E-state index contributed by atoms with van der Waals surface area (Å²) in [5.74, 6) is 0.887. The Balaban J connectivity index is 2.54. The van der Waals surface area contributed by atoms with Gasteiger partial charge in [0.05, 0.1) is 5.60 Å². The van der Waals surface area contributed by atoms with Crippen molar-refractivity contribution in [2.45, 2.75) is 46.4 Å². The van der Waals surface area contributed by atoms with Gasteiger partial charge in [0.2, 0.25) is 0 Å². The summed E-state index contributed by atoms with van der Waals surface area (Å²) < 4.78 is 7.57. The molecule has 1 heterocycles. The predicted octanol–water partition coefficient (Wildman–Crippen LogP) is 1.61. The van der Waals surface area contributed by atoms with Gasteiger partial charge in [-0.1, -0.05) is 0 Å². The molecule has 0 fully saturated rings. The third kappa shape index (κ3) is 3.14. The molecule has 0 aliphatic heterocycles. The lowest BCUT2D eigenvalue weighted by Crippen LogP contribution is -2.20. The Bertz CT molecular complexity index is 262. The fourth-order valence-corrected chi connectivity index (χ4v) is 0.936. The second-order valence-corrected chi connectivity index (χ2v) is 3.93. The third-order valence-corrected chi connectivity index (χ3v) is 1.67. The molecule has 1 aromatic rings. The second kappa shape index (κ2) is 3.87. The van der Waals surface area contributed by atoms with Gasteiger partial charge in [-0.05, 0) is 27.7 Å². The Hall–Kier alpha value is -0.900. The summed E-state index contributed by atoms with van der Waals surface area (Å²) in [6.07, 6.45) is 1.72. The molecule has 0 radical (unpaired) electrons. The molecule has 0 atom stereocenters. The minimum Gasteiger partial charge on any atom is -0.368 e. The fourth-order valence-electron chi connectivity index (χ4n) is 0.936. The second-order valence-electron chi connectivity index (χ2n) is 3.93. The molecule has 1 aromatic heterocycles. The van der Waals surface area contributed by atoms with E-state index in [4.69, 9.17) is 4.74 Å². The Morgan fingerprint density at radius 3 is 2.69 bits per heavy atom. The van der Waals surface area contributed by atoms with Gasteiger partial charge in [-0.3, -0.25) is 0 Å². The average Bonchev–Trinajstić information content (AvgIpc) is 2.46. The first-order valence-corrected chi connectivity index (χ1v) is 4.53. The van der Waals surface area contributed by atoms with Gasteiger partial charge in [-0.2, -0.15) is 0 Å². The van der Waals surface area contributed by atoms with Crippen LogP contribution in [0.15, 0.2) is 6.33 Å². The molecule has 1 rings (SSSR count). The van der Waals surface area contributed by atoms with Crippen LogP contribution in [0.4, 0.5) is 0 Å². The molecule has 0 saturated carbocycles. The monoisotopic (exact) mass is 183 g/mol. The summed E-state index contributed by atoms with van der Waals surface area (Å²) in [6.45, 7) is 9.55. The van der Waals surface area contributed by atoms with E-state index in [9.17, 15) is 0 Å². The lowest BCUT2D eigenvalue weighted by molar-refractivity contribution is -0.0193. The van der Waals surface area contributed by atoms with E-state index in [1.807, 2.05) is 25.3 Å². The lowest BCUT2D eigenvalue weighted by Gasteiger charge is -2.18. The van der Waals surface area contributed by atoms with Crippen LogP contribution in [0.25, 0.3) is 0 Å². The van der Waals surface area contributed by atoms with Gasteiger partial charge in [0.15, 0.2) is 5.82 Å². The molecule has 4 heteroatoms. The molecule has 0 bridgehead atoms. The molecule has 0 saturated heterocycles. The maximum atomic E-state index is 5.59. The Morgan fingerprint density at radius 2 is 2.15 bits per heavy atom. The van der Waals surface area contributed by atoms with E-state index >= 15 is 0 Å². The van der Waals surface area contributed by atoms with Gasteiger partial charge in [0, 0.05) is 6.54 Å². The number of rotatable bonds is 3. The maximum absolute atomic E-state index is 5.59. The van der Waals surface area contributed by atoms with Crippen LogP contribution in [-0.4, -0.2) is 20.4 Å². The van der Waals surface area contributed by atoms with E-state index in [2.05, 4.69) is 17.1 Å². The first kappa shape index (κ1) is 10.2. The number of aryl methyl sites for hydroxylation is 1. The molecule has 0 unspecified atom stereocenters. The van der Waals surface area contributed by atoms with Crippen LogP contribution in [0.3, 0.4) is 0 Å². The smallest absolute Gasteiger partial charge is 0.158 e. The van der Waals surface area contributed by atoms with Crippen molar-refractivity contribution in [3.63, 3.8) is 0 Å². The van der Waals surface area contributed by atoms with E-state index in [0.717, 1.165) is 12.4 Å². The van der Waals surface area contributed by atoms with E-state index in [-0.39, 0.29) is 5.60 Å². The van der Waals surface area contributed by atoms with E-state index < -0.39 is 0 Å². The molecule has 0 aliphatic rings. The first-order valence-electron chi connectivity index (χ1n) is 4.53. The van der Waals surface area contributed by atoms with Crippen molar-refractivity contribution >= 4 is 0 Å². The van der Waals surface area contributed by atoms with E-state index in [1.165, 1.54) is 0 Å². The van der Waals surface area contributed by atoms with Crippen molar-refractivity contribution in [2.24, 2.45) is 0 Å². The molecule has 4 nitrogen and oxygen atoms in total. The maximum Gasteiger partial charge on any atom is 0.158 e. The first-order chi connectivity index (χ1) is 6.03. The summed E-state index contributed by atoms with van der Waals surface area (Å²) in [4.78, 5) is 0.